The SMILES string of the molecule is N[C@H]1CCCC[C@@H]1Cc1ccco1. The largest absolute Gasteiger partial charge is 0.469 e. The molecule has 0 amide bonds. The monoisotopic (exact) mass is 179 g/mol. The molecular formula is C11H17NO. The van der Waals surface area contributed by atoms with Gasteiger partial charge in [-0.2, -0.15) is 0 Å². The fraction of sp³-hybridized carbons (Fsp3) is 0.636. The van der Waals surface area contributed by atoms with E-state index in [1.165, 1.54) is 25.7 Å². The van der Waals surface area contributed by atoms with Crippen LogP contribution >= 0.6 is 0 Å². The molecule has 0 saturated heterocycles. The predicted molar refractivity (Wildman–Crippen MR) is 52.3 cm³/mol. The normalized spacial score (nSPS) is 29.0. The lowest BCUT2D eigenvalue weighted by Gasteiger charge is -2.27. The smallest absolute Gasteiger partial charge is 0.104 e. The summed E-state index contributed by atoms with van der Waals surface area (Å²) in [5.74, 6) is 1.72. The van der Waals surface area contributed by atoms with Gasteiger partial charge in [-0.3, -0.25) is 0 Å². The van der Waals surface area contributed by atoms with Gasteiger partial charge in [-0.1, -0.05) is 12.8 Å². The average molecular weight is 179 g/mol. The minimum absolute atomic E-state index is 0.388. The number of nitrogens with two attached hydrogens (primary N) is 1. The second kappa shape index (κ2) is 3.97. The van der Waals surface area contributed by atoms with E-state index >= 15 is 0 Å². The van der Waals surface area contributed by atoms with Crippen molar-refractivity contribution in [2.45, 2.75) is 38.1 Å². The molecule has 0 aromatic carbocycles. The molecule has 1 aliphatic carbocycles. The summed E-state index contributed by atoms with van der Waals surface area (Å²) < 4.78 is 5.33. The van der Waals surface area contributed by atoms with Crippen LogP contribution < -0.4 is 5.73 Å². The van der Waals surface area contributed by atoms with E-state index in [1.54, 1.807) is 6.26 Å². The van der Waals surface area contributed by atoms with Gasteiger partial charge in [0, 0.05) is 12.5 Å². The maximum Gasteiger partial charge on any atom is 0.104 e. The summed E-state index contributed by atoms with van der Waals surface area (Å²) in [5, 5.41) is 0. The van der Waals surface area contributed by atoms with Crippen molar-refractivity contribution in [2.75, 3.05) is 0 Å². The third-order valence-electron chi connectivity index (χ3n) is 3.01. The van der Waals surface area contributed by atoms with Crippen molar-refractivity contribution in [3.05, 3.63) is 24.2 Å². The Hall–Kier alpha value is -0.760. The third-order valence-corrected chi connectivity index (χ3v) is 3.01. The quantitative estimate of drug-likeness (QED) is 0.756. The van der Waals surface area contributed by atoms with Gasteiger partial charge in [0.1, 0.15) is 5.76 Å². The Morgan fingerprint density at radius 3 is 2.92 bits per heavy atom. The van der Waals surface area contributed by atoms with E-state index in [-0.39, 0.29) is 0 Å². The molecule has 0 unspecified atom stereocenters. The molecule has 1 aromatic heterocycles. The first-order valence-corrected chi connectivity index (χ1v) is 5.14. The molecule has 0 aliphatic heterocycles. The van der Waals surface area contributed by atoms with Gasteiger partial charge in [0.25, 0.3) is 0 Å². The number of rotatable bonds is 2. The second-order valence-electron chi connectivity index (χ2n) is 3.99. The molecule has 1 aromatic rings. The summed E-state index contributed by atoms with van der Waals surface area (Å²) in [7, 11) is 0. The molecule has 1 aliphatic rings. The molecule has 0 spiro atoms. The Morgan fingerprint density at radius 1 is 1.38 bits per heavy atom. The first kappa shape index (κ1) is 8.82. The van der Waals surface area contributed by atoms with Crippen molar-refractivity contribution in [1.29, 1.82) is 0 Å². The van der Waals surface area contributed by atoms with Gasteiger partial charge < -0.3 is 10.2 Å². The van der Waals surface area contributed by atoms with Gasteiger partial charge in [0.05, 0.1) is 6.26 Å². The highest BCUT2D eigenvalue weighted by atomic mass is 16.3. The first-order chi connectivity index (χ1) is 6.36. The molecule has 0 radical (unpaired) electrons. The van der Waals surface area contributed by atoms with Crippen LogP contribution in [0.1, 0.15) is 31.4 Å². The first-order valence-electron chi connectivity index (χ1n) is 5.14. The zero-order valence-electron chi connectivity index (χ0n) is 7.91. The van der Waals surface area contributed by atoms with E-state index in [1.807, 2.05) is 12.1 Å². The Kier molecular flexibility index (Phi) is 2.69. The van der Waals surface area contributed by atoms with Crippen LogP contribution in [0.4, 0.5) is 0 Å². The van der Waals surface area contributed by atoms with Crippen LogP contribution in [0.2, 0.25) is 0 Å². The molecule has 2 nitrogen and oxygen atoms in total. The highest BCUT2D eigenvalue weighted by Crippen LogP contribution is 2.26. The zero-order valence-corrected chi connectivity index (χ0v) is 7.91. The predicted octanol–water partition coefficient (Wildman–Crippen LogP) is 2.34. The molecule has 1 saturated carbocycles. The van der Waals surface area contributed by atoms with Crippen LogP contribution in [0.25, 0.3) is 0 Å². The minimum atomic E-state index is 0.388. The van der Waals surface area contributed by atoms with Crippen LogP contribution in [-0.2, 0) is 6.42 Å². The van der Waals surface area contributed by atoms with Crippen LogP contribution in [0.3, 0.4) is 0 Å². The van der Waals surface area contributed by atoms with Crippen molar-refractivity contribution in [1.82, 2.24) is 0 Å². The molecule has 2 rings (SSSR count). The van der Waals surface area contributed by atoms with Crippen molar-refractivity contribution in [2.24, 2.45) is 11.7 Å². The van der Waals surface area contributed by atoms with E-state index in [9.17, 15) is 0 Å². The fourth-order valence-electron chi connectivity index (χ4n) is 2.18. The average Bonchev–Trinajstić information content (AvgIpc) is 2.61. The van der Waals surface area contributed by atoms with Gasteiger partial charge in [0.2, 0.25) is 0 Å². The maximum atomic E-state index is 6.05. The molecule has 2 heteroatoms. The standard InChI is InChI=1S/C11H17NO/c12-11-6-2-1-4-9(11)8-10-5-3-7-13-10/h3,5,7,9,11H,1-2,4,6,8,12H2/t9-,11+/m1/s1. The van der Waals surface area contributed by atoms with Gasteiger partial charge >= 0.3 is 0 Å². The maximum absolute atomic E-state index is 6.05. The molecule has 2 atom stereocenters. The lowest BCUT2D eigenvalue weighted by molar-refractivity contribution is 0.290. The fourth-order valence-corrected chi connectivity index (χ4v) is 2.18. The van der Waals surface area contributed by atoms with Gasteiger partial charge in [0.15, 0.2) is 0 Å². The lowest BCUT2D eigenvalue weighted by atomic mass is 9.82. The summed E-state index contributed by atoms with van der Waals surface area (Å²) in [6.07, 6.45) is 7.85. The number of hydrogen-bond acceptors (Lipinski definition) is 2. The van der Waals surface area contributed by atoms with E-state index in [2.05, 4.69) is 0 Å². The highest BCUT2D eigenvalue weighted by Gasteiger charge is 2.22. The van der Waals surface area contributed by atoms with Crippen molar-refractivity contribution < 1.29 is 4.42 Å². The Balaban J connectivity index is 1.93. The summed E-state index contributed by atoms with van der Waals surface area (Å²) in [4.78, 5) is 0. The second-order valence-corrected chi connectivity index (χ2v) is 3.99. The summed E-state index contributed by atoms with van der Waals surface area (Å²) in [6.45, 7) is 0. The van der Waals surface area contributed by atoms with Crippen LogP contribution in [-0.4, -0.2) is 6.04 Å². The van der Waals surface area contributed by atoms with Gasteiger partial charge in [-0.25, -0.2) is 0 Å². The molecule has 1 fully saturated rings. The number of furan rings is 1. The van der Waals surface area contributed by atoms with Crippen LogP contribution in [0, 0.1) is 5.92 Å². The molecule has 1 heterocycles. The van der Waals surface area contributed by atoms with E-state index in [4.69, 9.17) is 10.2 Å². The van der Waals surface area contributed by atoms with E-state index in [0.717, 1.165) is 12.2 Å². The molecule has 2 N–H and O–H groups in total. The third kappa shape index (κ3) is 2.13. The summed E-state index contributed by atoms with van der Waals surface area (Å²) in [5.41, 5.74) is 6.05. The lowest BCUT2D eigenvalue weighted by Crippen LogP contribution is -2.34. The van der Waals surface area contributed by atoms with Crippen LogP contribution in [0.5, 0.6) is 0 Å². The van der Waals surface area contributed by atoms with Crippen molar-refractivity contribution >= 4 is 0 Å². The minimum Gasteiger partial charge on any atom is -0.469 e. The summed E-state index contributed by atoms with van der Waals surface area (Å²) in [6, 6.07) is 4.38. The molecular weight excluding hydrogens is 162 g/mol. The van der Waals surface area contributed by atoms with E-state index < -0.39 is 0 Å². The molecule has 13 heavy (non-hydrogen) atoms. The Bertz CT molecular complexity index is 243. The van der Waals surface area contributed by atoms with Gasteiger partial charge in [-0.05, 0) is 30.9 Å². The zero-order chi connectivity index (χ0) is 9.10. The topological polar surface area (TPSA) is 39.2 Å². The van der Waals surface area contributed by atoms with Crippen molar-refractivity contribution in [3.63, 3.8) is 0 Å². The molecule has 72 valence electrons. The van der Waals surface area contributed by atoms with Crippen LogP contribution in [0.15, 0.2) is 22.8 Å². The Labute approximate surface area is 79.1 Å². The Morgan fingerprint density at radius 2 is 2.23 bits per heavy atom. The number of hydrogen-bond donors (Lipinski definition) is 1. The highest BCUT2D eigenvalue weighted by molar-refractivity contribution is 5.00. The summed E-state index contributed by atoms with van der Waals surface area (Å²) >= 11 is 0. The van der Waals surface area contributed by atoms with Gasteiger partial charge in [-0.15, -0.1) is 0 Å². The van der Waals surface area contributed by atoms with E-state index in [0.29, 0.717) is 12.0 Å². The van der Waals surface area contributed by atoms with Crippen molar-refractivity contribution in [3.8, 4) is 0 Å². The molecule has 0 bridgehead atoms.